The van der Waals surface area contributed by atoms with E-state index < -0.39 is 0 Å². The average Bonchev–Trinajstić information content (AvgIpc) is 3.22. The van der Waals surface area contributed by atoms with Gasteiger partial charge in [0, 0.05) is 12.2 Å². The normalized spacial score (nSPS) is 17.0. The first-order valence-corrected chi connectivity index (χ1v) is 7.45. The van der Waals surface area contributed by atoms with Crippen LogP contribution in [0, 0.1) is 5.41 Å². The number of nitrogens with one attached hydrogen (secondary N) is 1. The molecule has 0 radical (unpaired) electrons. The Labute approximate surface area is 124 Å². The summed E-state index contributed by atoms with van der Waals surface area (Å²) in [7, 11) is 0. The van der Waals surface area contributed by atoms with E-state index in [1.807, 2.05) is 6.07 Å². The molecule has 2 aromatic carbocycles. The van der Waals surface area contributed by atoms with E-state index >= 15 is 0 Å². The standard InChI is InChI=1S/C18H18N2O/c19-11-18(7-8-18)17(21)20-14-5-6-16-13(10-14)9-12-3-1-2-4-15(12)16/h1-6,10H,7-9,11,19H2,(H,20,21). The zero-order valence-corrected chi connectivity index (χ0v) is 11.9. The number of hydrogen-bond acceptors (Lipinski definition) is 2. The molecule has 4 rings (SSSR count). The van der Waals surface area contributed by atoms with E-state index in [9.17, 15) is 4.79 Å². The van der Waals surface area contributed by atoms with Gasteiger partial charge in [-0.3, -0.25) is 4.79 Å². The molecular formula is C18H18N2O. The molecule has 1 saturated carbocycles. The Morgan fingerprint density at radius 1 is 1.10 bits per heavy atom. The van der Waals surface area contributed by atoms with Crippen LogP contribution in [0.2, 0.25) is 0 Å². The highest BCUT2D eigenvalue weighted by Crippen LogP contribution is 2.45. The third kappa shape index (κ3) is 1.96. The largest absolute Gasteiger partial charge is 0.329 e. The molecule has 1 amide bonds. The molecule has 0 atom stereocenters. The van der Waals surface area contributed by atoms with Crippen molar-refractivity contribution in [3.8, 4) is 11.1 Å². The summed E-state index contributed by atoms with van der Waals surface area (Å²) < 4.78 is 0. The summed E-state index contributed by atoms with van der Waals surface area (Å²) in [6.07, 6.45) is 2.76. The Balaban J connectivity index is 1.60. The van der Waals surface area contributed by atoms with Crippen molar-refractivity contribution in [1.82, 2.24) is 0 Å². The third-order valence-corrected chi connectivity index (χ3v) is 4.78. The summed E-state index contributed by atoms with van der Waals surface area (Å²) in [5, 5.41) is 3.03. The molecule has 2 aromatic rings. The number of amides is 1. The van der Waals surface area contributed by atoms with E-state index in [0.29, 0.717) is 6.54 Å². The van der Waals surface area contributed by atoms with E-state index in [4.69, 9.17) is 5.73 Å². The first-order chi connectivity index (χ1) is 10.2. The van der Waals surface area contributed by atoms with Gasteiger partial charge < -0.3 is 11.1 Å². The number of nitrogens with two attached hydrogens (primary N) is 1. The van der Waals surface area contributed by atoms with E-state index in [1.54, 1.807) is 0 Å². The maximum atomic E-state index is 12.3. The molecule has 3 nitrogen and oxygen atoms in total. The molecule has 2 aliphatic carbocycles. The molecule has 0 saturated heterocycles. The smallest absolute Gasteiger partial charge is 0.231 e. The molecule has 2 aliphatic rings. The fraction of sp³-hybridized carbons (Fsp3) is 0.278. The zero-order chi connectivity index (χ0) is 14.4. The lowest BCUT2D eigenvalue weighted by Gasteiger charge is -2.13. The fourth-order valence-corrected chi connectivity index (χ4v) is 3.16. The lowest BCUT2D eigenvalue weighted by atomic mass is 10.0. The minimum absolute atomic E-state index is 0.0699. The molecule has 3 N–H and O–H groups in total. The van der Waals surface area contributed by atoms with Gasteiger partial charge in [-0.15, -0.1) is 0 Å². The van der Waals surface area contributed by atoms with Gasteiger partial charge in [0.15, 0.2) is 0 Å². The van der Waals surface area contributed by atoms with Gasteiger partial charge in [-0.2, -0.15) is 0 Å². The first-order valence-electron chi connectivity index (χ1n) is 7.45. The predicted octanol–water partition coefficient (Wildman–Crippen LogP) is 2.94. The highest BCUT2D eigenvalue weighted by molar-refractivity contribution is 5.98. The molecule has 0 spiro atoms. The first kappa shape index (κ1) is 12.6. The Kier molecular flexibility index (Phi) is 2.66. The van der Waals surface area contributed by atoms with E-state index in [-0.39, 0.29) is 11.3 Å². The third-order valence-electron chi connectivity index (χ3n) is 4.78. The second-order valence-corrected chi connectivity index (χ2v) is 6.14. The van der Waals surface area contributed by atoms with Gasteiger partial charge in [-0.05, 0) is 53.6 Å². The van der Waals surface area contributed by atoms with Gasteiger partial charge in [0.25, 0.3) is 0 Å². The molecule has 21 heavy (non-hydrogen) atoms. The number of hydrogen-bond donors (Lipinski definition) is 2. The topological polar surface area (TPSA) is 55.1 Å². The van der Waals surface area contributed by atoms with Crippen molar-refractivity contribution in [3.05, 3.63) is 53.6 Å². The highest BCUT2D eigenvalue weighted by atomic mass is 16.2. The van der Waals surface area contributed by atoms with Crippen LogP contribution in [-0.4, -0.2) is 12.5 Å². The van der Waals surface area contributed by atoms with Gasteiger partial charge in [-0.1, -0.05) is 30.3 Å². The van der Waals surface area contributed by atoms with E-state index in [2.05, 4.69) is 41.7 Å². The van der Waals surface area contributed by atoms with Gasteiger partial charge in [0.2, 0.25) is 5.91 Å². The number of fused-ring (bicyclic) bond motifs is 3. The molecule has 0 unspecified atom stereocenters. The highest BCUT2D eigenvalue weighted by Gasteiger charge is 2.48. The second kappa shape index (κ2) is 4.43. The molecule has 3 heteroatoms. The van der Waals surface area contributed by atoms with Gasteiger partial charge in [-0.25, -0.2) is 0 Å². The van der Waals surface area contributed by atoms with Crippen LogP contribution in [0.1, 0.15) is 24.0 Å². The summed E-state index contributed by atoms with van der Waals surface area (Å²) >= 11 is 0. The van der Waals surface area contributed by atoms with Gasteiger partial charge in [0.05, 0.1) is 5.41 Å². The van der Waals surface area contributed by atoms with Crippen molar-refractivity contribution in [2.24, 2.45) is 11.1 Å². The minimum Gasteiger partial charge on any atom is -0.329 e. The van der Waals surface area contributed by atoms with Crippen molar-refractivity contribution < 1.29 is 4.79 Å². The van der Waals surface area contributed by atoms with Crippen molar-refractivity contribution in [2.45, 2.75) is 19.3 Å². The van der Waals surface area contributed by atoms with Crippen LogP contribution < -0.4 is 11.1 Å². The van der Waals surface area contributed by atoms with Crippen molar-refractivity contribution in [1.29, 1.82) is 0 Å². The summed E-state index contributed by atoms with van der Waals surface area (Å²) in [4.78, 5) is 12.3. The van der Waals surface area contributed by atoms with Gasteiger partial charge in [0.1, 0.15) is 0 Å². The fourth-order valence-electron chi connectivity index (χ4n) is 3.16. The number of rotatable bonds is 3. The van der Waals surface area contributed by atoms with E-state index in [0.717, 1.165) is 24.9 Å². The SMILES string of the molecule is NCC1(C(=O)Nc2ccc3c(c2)Cc2ccccc2-3)CC1. The maximum absolute atomic E-state index is 12.3. The second-order valence-electron chi connectivity index (χ2n) is 6.14. The number of carbonyl (C=O) groups is 1. The average molecular weight is 278 g/mol. The lowest BCUT2D eigenvalue weighted by molar-refractivity contribution is -0.120. The van der Waals surface area contributed by atoms with Crippen LogP contribution in [0.3, 0.4) is 0 Å². The zero-order valence-electron chi connectivity index (χ0n) is 11.9. The minimum atomic E-state index is -0.304. The maximum Gasteiger partial charge on any atom is 0.231 e. The van der Waals surface area contributed by atoms with Crippen molar-refractivity contribution in [3.63, 3.8) is 0 Å². The Bertz CT molecular complexity index is 732. The predicted molar refractivity (Wildman–Crippen MR) is 84.0 cm³/mol. The Morgan fingerprint density at radius 3 is 2.62 bits per heavy atom. The van der Waals surface area contributed by atoms with Crippen LogP contribution in [0.4, 0.5) is 5.69 Å². The van der Waals surface area contributed by atoms with E-state index in [1.165, 1.54) is 22.3 Å². The van der Waals surface area contributed by atoms with Gasteiger partial charge >= 0.3 is 0 Å². The molecule has 106 valence electrons. The monoisotopic (exact) mass is 278 g/mol. The Hall–Kier alpha value is -2.13. The number of carbonyl (C=O) groups excluding carboxylic acids is 1. The van der Waals surface area contributed by atoms with Crippen molar-refractivity contribution in [2.75, 3.05) is 11.9 Å². The molecule has 1 fully saturated rings. The van der Waals surface area contributed by atoms with Crippen LogP contribution in [0.5, 0.6) is 0 Å². The van der Waals surface area contributed by atoms with Crippen molar-refractivity contribution >= 4 is 11.6 Å². The number of benzene rings is 2. The van der Waals surface area contributed by atoms with Crippen LogP contribution >= 0.6 is 0 Å². The summed E-state index contributed by atoms with van der Waals surface area (Å²) in [5.41, 5.74) is 11.5. The van der Waals surface area contributed by atoms with Crippen LogP contribution in [0.15, 0.2) is 42.5 Å². The quantitative estimate of drug-likeness (QED) is 0.774. The summed E-state index contributed by atoms with van der Waals surface area (Å²) in [5.74, 6) is 0.0699. The molecule has 0 bridgehead atoms. The van der Waals surface area contributed by atoms with Crippen LogP contribution in [-0.2, 0) is 11.2 Å². The number of anilines is 1. The van der Waals surface area contributed by atoms with Crippen LogP contribution in [0.25, 0.3) is 11.1 Å². The lowest BCUT2D eigenvalue weighted by Crippen LogP contribution is -2.30. The molecule has 0 aliphatic heterocycles. The summed E-state index contributed by atoms with van der Waals surface area (Å²) in [6, 6.07) is 14.7. The molecule has 0 heterocycles. The Morgan fingerprint density at radius 2 is 1.86 bits per heavy atom. The molecule has 0 aromatic heterocycles. The summed E-state index contributed by atoms with van der Waals surface area (Å²) in [6.45, 7) is 0.440. The molecular weight excluding hydrogens is 260 g/mol.